The number of carbonyl (C=O) groups is 1. The van der Waals surface area contributed by atoms with E-state index in [4.69, 9.17) is 4.74 Å². The lowest BCUT2D eigenvalue weighted by Gasteiger charge is -2.26. The first-order valence-corrected chi connectivity index (χ1v) is 7.04. The van der Waals surface area contributed by atoms with Gasteiger partial charge in [-0.05, 0) is 57.2 Å². The largest absolute Gasteiger partial charge is 0.379 e. The van der Waals surface area contributed by atoms with Crippen molar-refractivity contribution >= 4 is 5.91 Å². The zero-order valence-corrected chi connectivity index (χ0v) is 12.1. The molecule has 1 aliphatic carbocycles. The van der Waals surface area contributed by atoms with Crippen LogP contribution in [0.2, 0.25) is 0 Å². The summed E-state index contributed by atoms with van der Waals surface area (Å²) in [6.07, 6.45) is 3.27. The Balaban J connectivity index is 2.10. The summed E-state index contributed by atoms with van der Waals surface area (Å²) in [4.78, 5) is 12.4. The van der Waals surface area contributed by atoms with E-state index in [1.54, 1.807) is 0 Å². The summed E-state index contributed by atoms with van der Waals surface area (Å²) in [6, 6.07) is 6.04. The highest BCUT2D eigenvalue weighted by Gasteiger charge is 2.24. The number of nitrogens with one attached hydrogen (secondary N) is 1. The van der Waals surface area contributed by atoms with Gasteiger partial charge in [0, 0.05) is 12.2 Å². The van der Waals surface area contributed by atoms with Gasteiger partial charge in [0.25, 0.3) is 5.91 Å². The normalized spacial score (nSPS) is 14.3. The number of hydrogen-bond donors (Lipinski definition) is 1. The quantitative estimate of drug-likeness (QED) is 0.885. The zero-order chi connectivity index (χ0) is 13.9. The molecule has 0 saturated carbocycles. The zero-order valence-electron chi connectivity index (χ0n) is 12.1. The Hall–Kier alpha value is -1.35. The highest BCUT2D eigenvalue weighted by Crippen LogP contribution is 2.25. The van der Waals surface area contributed by atoms with Crippen LogP contribution in [0.15, 0.2) is 18.2 Å². The van der Waals surface area contributed by atoms with E-state index in [2.05, 4.69) is 11.4 Å². The summed E-state index contributed by atoms with van der Waals surface area (Å²) in [5, 5.41) is 3.07. The van der Waals surface area contributed by atoms with Crippen LogP contribution >= 0.6 is 0 Å². The number of fused-ring (bicyclic) bond motifs is 1. The molecule has 1 N–H and O–H groups in total. The Morgan fingerprint density at radius 3 is 2.89 bits per heavy atom. The highest BCUT2D eigenvalue weighted by atomic mass is 16.5. The van der Waals surface area contributed by atoms with Crippen LogP contribution in [0.4, 0.5) is 0 Å². The van der Waals surface area contributed by atoms with Crippen molar-refractivity contribution in [3.8, 4) is 0 Å². The minimum absolute atomic E-state index is 0.0171. The predicted molar refractivity (Wildman–Crippen MR) is 76.5 cm³/mol. The number of amides is 1. The van der Waals surface area contributed by atoms with E-state index in [-0.39, 0.29) is 11.4 Å². The van der Waals surface area contributed by atoms with Gasteiger partial charge in [-0.15, -0.1) is 0 Å². The van der Waals surface area contributed by atoms with Crippen LogP contribution in [0.1, 0.15) is 48.7 Å². The van der Waals surface area contributed by atoms with Gasteiger partial charge in [-0.1, -0.05) is 12.1 Å². The second-order valence-corrected chi connectivity index (χ2v) is 5.77. The third kappa shape index (κ3) is 3.35. The molecule has 0 unspecified atom stereocenters. The first-order valence-electron chi connectivity index (χ1n) is 7.04. The molecular weight excluding hydrogens is 238 g/mol. The number of ether oxygens (including phenoxy) is 1. The van der Waals surface area contributed by atoms with E-state index in [0.29, 0.717) is 13.2 Å². The molecule has 104 valence electrons. The van der Waals surface area contributed by atoms with E-state index in [1.807, 2.05) is 32.9 Å². The summed E-state index contributed by atoms with van der Waals surface area (Å²) < 4.78 is 5.41. The SMILES string of the molecule is CCOCC(C)(C)NC(=O)c1cccc2c1CCC2. The maximum atomic E-state index is 12.4. The van der Waals surface area contributed by atoms with Gasteiger partial charge >= 0.3 is 0 Å². The van der Waals surface area contributed by atoms with Gasteiger partial charge in [-0.2, -0.15) is 0 Å². The average molecular weight is 261 g/mol. The van der Waals surface area contributed by atoms with Gasteiger partial charge < -0.3 is 10.1 Å². The number of aryl methyl sites for hydroxylation is 1. The second-order valence-electron chi connectivity index (χ2n) is 5.77. The molecule has 0 heterocycles. The van der Waals surface area contributed by atoms with Crippen molar-refractivity contribution in [3.63, 3.8) is 0 Å². The van der Waals surface area contributed by atoms with Crippen molar-refractivity contribution in [2.45, 2.75) is 45.6 Å². The van der Waals surface area contributed by atoms with Gasteiger partial charge in [-0.25, -0.2) is 0 Å². The fourth-order valence-corrected chi connectivity index (χ4v) is 2.60. The van der Waals surface area contributed by atoms with Gasteiger partial charge in [0.2, 0.25) is 0 Å². The predicted octanol–water partition coefficient (Wildman–Crippen LogP) is 2.72. The minimum Gasteiger partial charge on any atom is -0.379 e. The molecule has 1 amide bonds. The van der Waals surface area contributed by atoms with E-state index < -0.39 is 0 Å². The summed E-state index contributed by atoms with van der Waals surface area (Å²) in [7, 11) is 0. The molecule has 0 spiro atoms. The Labute approximate surface area is 115 Å². The number of hydrogen-bond acceptors (Lipinski definition) is 2. The molecule has 0 bridgehead atoms. The fraction of sp³-hybridized carbons (Fsp3) is 0.562. The Morgan fingerprint density at radius 1 is 1.37 bits per heavy atom. The van der Waals surface area contributed by atoms with E-state index in [9.17, 15) is 4.79 Å². The lowest BCUT2D eigenvalue weighted by atomic mass is 10.0. The maximum Gasteiger partial charge on any atom is 0.252 e. The maximum absolute atomic E-state index is 12.4. The van der Waals surface area contributed by atoms with Crippen molar-refractivity contribution in [1.29, 1.82) is 0 Å². The lowest BCUT2D eigenvalue weighted by molar-refractivity contribution is 0.0725. The Morgan fingerprint density at radius 2 is 2.16 bits per heavy atom. The van der Waals surface area contributed by atoms with Gasteiger partial charge in [0.1, 0.15) is 0 Å². The van der Waals surface area contributed by atoms with Crippen LogP contribution in [-0.4, -0.2) is 24.7 Å². The number of rotatable bonds is 5. The van der Waals surface area contributed by atoms with Crippen molar-refractivity contribution in [2.24, 2.45) is 0 Å². The molecule has 0 aromatic heterocycles. The van der Waals surface area contributed by atoms with Crippen LogP contribution in [0.25, 0.3) is 0 Å². The van der Waals surface area contributed by atoms with Gasteiger partial charge in [0.05, 0.1) is 12.1 Å². The van der Waals surface area contributed by atoms with Crippen molar-refractivity contribution in [1.82, 2.24) is 5.32 Å². The van der Waals surface area contributed by atoms with E-state index >= 15 is 0 Å². The molecule has 2 rings (SSSR count). The molecule has 1 aliphatic rings. The standard InChI is InChI=1S/C16H23NO2/c1-4-19-11-16(2,3)17-15(18)14-10-6-8-12-7-5-9-13(12)14/h6,8,10H,4-5,7,9,11H2,1-3H3,(H,17,18). The second kappa shape index (κ2) is 5.74. The highest BCUT2D eigenvalue weighted by molar-refractivity contribution is 5.96. The summed E-state index contributed by atoms with van der Waals surface area (Å²) in [5.74, 6) is 0.0171. The average Bonchev–Trinajstić information content (AvgIpc) is 2.83. The molecule has 3 heteroatoms. The van der Waals surface area contributed by atoms with Crippen LogP contribution < -0.4 is 5.32 Å². The summed E-state index contributed by atoms with van der Waals surface area (Å²) in [6.45, 7) is 7.14. The van der Waals surface area contributed by atoms with Crippen molar-refractivity contribution in [2.75, 3.05) is 13.2 Å². The third-order valence-electron chi connectivity index (χ3n) is 3.51. The van der Waals surface area contributed by atoms with Crippen LogP contribution in [0, 0.1) is 0 Å². The molecule has 0 aliphatic heterocycles. The molecule has 19 heavy (non-hydrogen) atoms. The van der Waals surface area contributed by atoms with E-state index in [1.165, 1.54) is 11.1 Å². The Kier molecular flexibility index (Phi) is 4.25. The first-order chi connectivity index (χ1) is 9.03. The smallest absolute Gasteiger partial charge is 0.252 e. The molecule has 3 nitrogen and oxygen atoms in total. The third-order valence-corrected chi connectivity index (χ3v) is 3.51. The molecule has 1 aromatic carbocycles. The lowest BCUT2D eigenvalue weighted by Crippen LogP contribution is -2.47. The summed E-state index contributed by atoms with van der Waals surface area (Å²) >= 11 is 0. The molecular formula is C16H23NO2. The van der Waals surface area contributed by atoms with Crippen molar-refractivity contribution < 1.29 is 9.53 Å². The van der Waals surface area contributed by atoms with Gasteiger partial charge in [-0.3, -0.25) is 4.79 Å². The topological polar surface area (TPSA) is 38.3 Å². The van der Waals surface area contributed by atoms with Crippen LogP contribution in [-0.2, 0) is 17.6 Å². The first kappa shape index (κ1) is 14.1. The van der Waals surface area contributed by atoms with E-state index in [0.717, 1.165) is 24.8 Å². The van der Waals surface area contributed by atoms with Crippen LogP contribution in [0.5, 0.6) is 0 Å². The van der Waals surface area contributed by atoms with Crippen LogP contribution in [0.3, 0.4) is 0 Å². The monoisotopic (exact) mass is 261 g/mol. The number of carbonyl (C=O) groups excluding carboxylic acids is 1. The molecule has 0 radical (unpaired) electrons. The van der Waals surface area contributed by atoms with Gasteiger partial charge in [0.15, 0.2) is 0 Å². The molecule has 0 fully saturated rings. The fourth-order valence-electron chi connectivity index (χ4n) is 2.60. The molecule has 1 aromatic rings. The van der Waals surface area contributed by atoms with Crippen molar-refractivity contribution in [3.05, 3.63) is 34.9 Å². The summed E-state index contributed by atoms with van der Waals surface area (Å²) in [5.41, 5.74) is 3.05. The minimum atomic E-state index is -0.339. The molecule has 0 saturated heterocycles. The Bertz CT molecular complexity index is 466. The number of benzene rings is 1. The molecule has 0 atom stereocenters.